The fourth-order valence-electron chi connectivity index (χ4n) is 2.91. The summed E-state index contributed by atoms with van der Waals surface area (Å²) in [7, 11) is 0. The highest BCUT2D eigenvalue weighted by Crippen LogP contribution is 2.29. The molecule has 20 heavy (non-hydrogen) atoms. The normalized spacial score (nSPS) is 22.1. The molecule has 0 atom stereocenters. The van der Waals surface area contributed by atoms with E-state index in [0.717, 1.165) is 51.0 Å². The van der Waals surface area contributed by atoms with E-state index in [1.165, 1.54) is 0 Å². The number of nitrogens with two attached hydrogens (primary N) is 1. The third-order valence-electron chi connectivity index (χ3n) is 4.50. The number of nitrogens with one attached hydrogen (secondary N) is 1. The molecular weight excluding hydrogens is 252 g/mol. The van der Waals surface area contributed by atoms with Crippen molar-refractivity contribution in [3.8, 4) is 0 Å². The molecule has 0 radical (unpaired) electrons. The van der Waals surface area contributed by atoms with Gasteiger partial charge in [-0.3, -0.25) is 4.79 Å². The van der Waals surface area contributed by atoms with Gasteiger partial charge in [0.25, 0.3) is 0 Å². The summed E-state index contributed by atoms with van der Waals surface area (Å²) in [6.45, 7) is 1.86. The van der Waals surface area contributed by atoms with Gasteiger partial charge in [-0.05, 0) is 44.2 Å². The second-order valence-corrected chi connectivity index (χ2v) is 5.93. The van der Waals surface area contributed by atoms with Gasteiger partial charge in [-0.1, -0.05) is 6.07 Å². The molecule has 1 saturated heterocycles. The van der Waals surface area contributed by atoms with E-state index in [-0.39, 0.29) is 11.9 Å². The second kappa shape index (κ2) is 5.40. The lowest BCUT2D eigenvalue weighted by Crippen LogP contribution is -2.61. The molecule has 1 aliphatic carbocycles. The summed E-state index contributed by atoms with van der Waals surface area (Å²) in [5, 5.41) is 3.12. The SMILES string of the molecule is NC1(C(=O)NC2CCN(c3ccccn3)CC2)CCC1. The smallest absolute Gasteiger partial charge is 0.240 e. The van der Waals surface area contributed by atoms with Crippen molar-refractivity contribution in [2.75, 3.05) is 18.0 Å². The molecule has 5 nitrogen and oxygen atoms in total. The maximum absolute atomic E-state index is 12.1. The molecule has 0 bridgehead atoms. The highest BCUT2D eigenvalue weighted by molar-refractivity contribution is 5.87. The van der Waals surface area contributed by atoms with Crippen LogP contribution < -0.4 is 16.0 Å². The Balaban J connectivity index is 1.50. The number of aromatic nitrogens is 1. The van der Waals surface area contributed by atoms with E-state index in [4.69, 9.17) is 5.73 Å². The Morgan fingerprint density at radius 3 is 2.65 bits per heavy atom. The Kier molecular flexibility index (Phi) is 3.61. The van der Waals surface area contributed by atoms with Crippen LogP contribution in [0.1, 0.15) is 32.1 Å². The fourth-order valence-corrected chi connectivity index (χ4v) is 2.91. The van der Waals surface area contributed by atoms with Crippen LogP contribution in [-0.2, 0) is 4.79 Å². The molecule has 0 spiro atoms. The van der Waals surface area contributed by atoms with E-state index in [1.807, 2.05) is 24.4 Å². The summed E-state index contributed by atoms with van der Waals surface area (Å²) < 4.78 is 0. The Labute approximate surface area is 119 Å². The van der Waals surface area contributed by atoms with Crippen LogP contribution in [0.2, 0.25) is 0 Å². The lowest BCUT2D eigenvalue weighted by Gasteiger charge is -2.39. The maximum Gasteiger partial charge on any atom is 0.240 e. The quantitative estimate of drug-likeness (QED) is 0.864. The number of pyridine rings is 1. The zero-order valence-electron chi connectivity index (χ0n) is 11.7. The first kappa shape index (κ1) is 13.4. The molecule has 108 valence electrons. The molecular formula is C15H22N4O. The van der Waals surface area contributed by atoms with Crippen LogP contribution in [0.15, 0.2) is 24.4 Å². The average molecular weight is 274 g/mol. The lowest BCUT2D eigenvalue weighted by molar-refractivity contribution is -0.130. The number of piperidine rings is 1. The number of hydrogen-bond donors (Lipinski definition) is 2. The van der Waals surface area contributed by atoms with Crippen LogP contribution in [0.4, 0.5) is 5.82 Å². The molecule has 3 rings (SSSR count). The van der Waals surface area contributed by atoms with Crippen molar-refractivity contribution in [3.63, 3.8) is 0 Å². The summed E-state index contributed by atoms with van der Waals surface area (Å²) in [6.07, 6.45) is 6.45. The Hall–Kier alpha value is -1.62. The van der Waals surface area contributed by atoms with Gasteiger partial charge in [0.2, 0.25) is 5.91 Å². The summed E-state index contributed by atoms with van der Waals surface area (Å²) in [4.78, 5) is 18.7. The highest BCUT2D eigenvalue weighted by atomic mass is 16.2. The standard InChI is InChI=1S/C15H22N4O/c16-15(7-3-8-15)14(20)18-12-5-10-19(11-6-12)13-4-1-2-9-17-13/h1-2,4,9,12H,3,5-8,10-11,16H2,(H,18,20). The van der Waals surface area contributed by atoms with Crippen molar-refractivity contribution in [2.24, 2.45) is 5.73 Å². The van der Waals surface area contributed by atoms with Crippen molar-refractivity contribution >= 4 is 11.7 Å². The van der Waals surface area contributed by atoms with Crippen LogP contribution in [0, 0.1) is 0 Å². The molecule has 2 heterocycles. The molecule has 1 aromatic heterocycles. The molecule has 1 amide bonds. The molecule has 1 aromatic rings. The topological polar surface area (TPSA) is 71.2 Å². The van der Waals surface area contributed by atoms with Crippen molar-refractivity contribution in [3.05, 3.63) is 24.4 Å². The second-order valence-electron chi connectivity index (χ2n) is 5.93. The van der Waals surface area contributed by atoms with Gasteiger partial charge in [0, 0.05) is 25.3 Å². The van der Waals surface area contributed by atoms with E-state index in [2.05, 4.69) is 15.2 Å². The van der Waals surface area contributed by atoms with Gasteiger partial charge in [-0.2, -0.15) is 0 Å². The van der Waals surface area contributed by atoms with Crippen molar-refractivity contribution in [1.82, 2.24) is 10.3 Å². The predicted molar refractivity (Wildman–Crippen MR) is 78.4 cm³/mol. The summed E-state index contributed by atoms with van der Waals surface area (Å²) in [5.74, 6) is 1.06. The van der Waals surface area contributed by atoms with Crippen LogP contribution in [0.5, 0.6) is 0 Å². The lowest BCUT2D eigenvalue weighted by atomic mass is 9.77. The van der Waals surface area contributed by atoms with Crippen LogP contribution in [0.3, 0.4) is 0 Å². The fraction of sp³-hybridized carbons (Fsp3) is 0.600. The Morgan fingerprint density at radius 1 is 1.35 bits per heavy atom. The minimum Gasteiger partial charge on any atom is -0.356 e. The minimum absolute atomic E-state index is 0.0417. The highest BCUT2D eigenvalue weighted by Gasteiger charge is 2.41. The van der Waals surface area contributed by atoms with Crippen LogP contribution >= 0.6 is 0 Å². The number of carbonyl (C=O) groups is 1. The number of nitrogens with zero attached hydrogens (tertiary/aromatic N) is 2. The van der Waals surface area contributed by atoms with Crippen molar-refractivity contribution < 1.29 is 4.79 Å². The third kappa shape index (κ3) is 2.63. The first-order chi connectivity index (χ1) is 9.67. The van der Waals surface area contributed by atoms with Crippen molar-refractivity contribution in [1.29, 1.82) is 0 Å². The largest absolute Gasteiger partial charge is 0.356 e. The number of amides is 1. The average Bonchev–Trinajstić information content (AvgIpc) is 2.46. The monoisotopic (exact) mass is 274 g/mol. The molecule has 0 aromatic carbocycles. The Morgan fingerprint density at radius 2 is 2.10 bits per heavy atom. The summed E-state index contributed by atoms with van der Waals surface area (Å²) in [6, 6.07) is 6.21. The minimum atomic E-state index is -0.585. The van der Waals surface area contributed by atoms with E-state index in [1.54, 1.807) is 0 Å². The molecule has 2 fully saturated rings. The predicted octanol–water partition coefficient (Wildman–Crippen LogP) is 1.05. The van der Waals surface area contributed by atoms with Gasteiger partial charge < -0.3 is 16.0 Å². The first-order valence-electron chi connectivity index (χ1n) is 7.43. The molecule has 5 heteroatoms. The summed E-state index contributed by atoms with van der Waals surface area (Å²) >= 11 is 0. The number of rotatable bonds is 3. The van der Waals surface area contributed by atoms with Gasteiger partial charge in [-0.25, -0.2) is 4.98 Å². The molecule has 1 aliphatic heterocycles. The van der Waals surface area contributed by atoms with Gasteiger partial charge in [0.05, 0.1) is 5.54 Å². The number of hydrogen-bond acceptors (Lipinski definition) is 4. The van der Waals surface area contributed by atoms with E-state index in [0.29, 0.717) is 0 Å². The maximum atomic E-state index is 12.1. The zero-order chi connectivity index (χ0) is 14.0. The first-order valence-corrected chi connectivity index (χ1v) is 7.43. The summed E-state index contributed by atoms with van der Waals surface area (Å²) in [5.41, 5.74) is 5.46. The van der Waals surface area contributed by atoms with Gasteiger partial charge >= 0.3 is 0 Å². The Bertz CT molecular complexity index is 464. The van der Waals surface area contributed by atoms with Crippen molar-refractivity contribution in [2.45, 2.75) is 43.7 Å². The van der Waals surface area contributed by atoms with Gasteiger partial charge in [0.15, 0.2) is 0 Å². The number of carbonyl (C=O) groups excluding carboxylic acids is 1. The third-order valence-corrected chi connectivity index (χ3v) is 4.50. The molecule has 0 unspecified atom stereocenters. The van der Waals surface area contributed by atoms with Gasteiger partial charge in [0.1, 0.15) is 5.82 Å². The molecule has 3 N–H and O–H groups in total. The van der Waals surface area contributed by atoms with Crippen LogP contribution in [0.25, 0.3) is 0 Å². The van der Waals surface area contributed by atoms with E-state index in [9.17, 15) is 4.79 Å². The van der Waals surface area contributed by atoms with E-state index < -0.39 is 5.54 Å². The molecule has 1 saturated carbocycles. The van der Waals surface area contributed by atoms with E-state index >= 15 is 0 Å². The zero-order valence-corrected chi connectivity index (χ0v) is 11.7. The van der Waals surface area contributed by atoms with Crippen LogP contribution in [-0.4, -0.2) is 35.6 Å². The molecule has 2 aliphatic rings. The van der Waals surface area contributed by atoms with Gasteiger partial charge in [-0.15, -0.1) is 0 Å². The number of anilines is 1.